The van der Waals surface area contributed by atoms with E-state index in [1.165, 1.54) is 0 Å². The number of aldehydes is 2. The van der Waals surface area contributed by atoms with Gasteiger partial charge in [0.1, 0.15) is 44.4 Å². The molecule has 0 bridgehead atoms. The Kier molecular flexibility index (Phi) is 22.0. The van der Waals surface area contributed by atoms with E-state index in [4.69, 9.17) is 18.9 Å². The van der Waals surface area contributed by atoms with Crippen molar-refractivity contribution in [3.63, 3.8) is 0 Å². The number of ether oxygens (including phenoxy) is 4. The first kappa shape index (κ1) is 32.8. The standard InChI is InChI=1S/C13H20O8S4.C5H8O2/c14-9(1-22)18-5-13(6-19-10(15)2-23,7-20-11(16)3-24)8-21-12(17)4-25;6-4-2-1-3-5-7/h22-25H,1-8H2;4-5H,1-3H2. The molecule has 32 heavy (non-hydrogen) atoms. The molecule has 0 radical (unpaired) electrons. The molecule has 10 nitrogen and oxygen atoms in total. The SMILES string of the molecule is O=C(CS)OCC(COC(=O)CS)(COC(=O)CS)COC(=O)CS.O=CCCCC=O. The maximum Gasteiger partial charge on any atom is 0.315 e. The Labute approximate surface area is 208 Å². The molecule has 0 rings (SSSR count). The maximum absolute atomic E-state index is 11.4. The van der Waals surface area contributed by atoms with E-state index in [9.17, 15) is 28.8 Å². The lowest BCUT2D eigenvalue weighted by atomic mass is 9.92. The van der Waals surface area contributed by atoms with Gasteiger partial charge in [0, 0.05) is 12.8 Å². The van der Waals surface area contributed by atoms with Crippen LogP contribution in [-0.2, 0) is 47.7 Å². The highest BCUT2D eigenvalue weighted by Crippen LogP contribution is 2.21. The number of hydrogen-bond donors (Lipinski definition) is 4. The van der Waals surface area contributed by atoms with Crippen molar-refractivity contribution in [3.8, 4) is 0 Å². The van der Waals surface area contributed by atoms with Crippen LogP contribution < -0.4 is 0 Å². The summed E-state index contributed by atoms with van der Waals surface area (Å²) in [5.74, 6) is -3.30. The fourth-order valence-corrected chi connectivity index (χ4v) is 2.02. The Bertz CT molecular complexity index is 507. The molecule has 0 spiro atoms. The quantitative estimate of drug-likeness (QED) is 0.0727. The van der Waals surface area contributed by atoms with Crippen molar-refractivity contribution in [2.75, 3.05) is 49.4 Å². The van der Waals surface area contributed by atoms with Crippen LogP contribution in [0, 0.1) is 5.41 Å². The fourth-order valence-electron chi connectivity index (χ4n) is 1.65. The van der Waals surface area contributed by atoms with Crippen molar-refractivity contribution in [1.29, 1.82) is 0 Å². The largest absolute Gasteiger partial charge is 0.464 e. The second-order valence-corrected chi connectivity index (χ2v) is 7.30. The Balaban J connectivity index is 0. The zero-order valence-electron chi connectivity index (χ0n) is 17.3. The van der Waals surface area contributed by atoms with Gasteiger partial charge in [-0.15, -0.1) is 0 Å². The van der Waals surface area contributed by atoms with Gasteiger partial charge in [-0.1, -0.05) is 0 Å². The zero-order chi connectivity index (χ0) is 24.8. The third-order valence-electron chi connectivity index (χ3n) is 3.32. The Morgan fingerprint density at radius 1 is 0.562 bits per heavy atom. The molecule has 0 aromatic carbocycles. The van der Waals surface area contributed by atoms with Gasteiger partial charge in [0.2, 0.25) is 0 Å². The van der Waals surface area contributed by atoms with Crippen molar-refractivity contribution in [1.82, 2.24) is 0 Å². The lowest BCUT2D eigenvalue weighted by Gasteiger charge is -2.31. The van der Waals surface area contributed by atoms with E-state index >= 15 is 0 Å². The summed E-state index contributed by atoms with van der Waals surface area (Å²) in [5, 5.41) is 0. The maximum atomic E-state index is 11.4. The summed E-state index contributed by atoms with van der Waals surface area (Å²) in [4.78, 5) is 64.7. The van der Waals surface area contributed by atoms with E-state index in [1.54, 1.807) is 0 Å². The Hall–Kier alpha value is -1.38. The second kappa shape index (κ2) is 21.5. The number of carbonyl (C=O) groups excluding carboxylic acids is 6. The molecular weight excluding hydrogens is 504 g/mol. The Morgan fingerprint density at radius 2 is 0.812 bits per heavy atom. The van der Waals surface area contributed by atoms with Gasteiger partial charge in [0.05, 0.1) is 23.0 Å². The third kappa shape index (κ3) is 18.2. The second-order valence-electron chi connectivity index (χ2n) is 6.04. The molecule has 0 aromatic heterocycles. The molecule has 0 aliphatic heterocycles. The predicted molar refractivity (Wildman–Crippen MR) is 128 cm³/mol. The average Bonchev–Trinajstić information content (AvgIpc) is 2.82. The zero-order valence-corrected chi connectivity index (χ0v) is 20.9. The van der Waals surface area contributed by atoms with Gasteiger partial charge >= 0.3 is 23.9 Å². The summed E-state index contributed by atoms with van der Waals surface area (Å²) in [6.07, 6.45) is 3.37. The molecule has 184 valence electrons. The van der Waals surface area contributed by atoms with Gasteiger partial charge in [-0.05, 0) is 6.42 Å². The van der Waals surface area contributed by atoms with Crippen molar-refractivity contribution in [2.45, 2.75) is 19.3 Å². The van der Waals surface area contributed by atoms with Gasteiger partial charge in [0.15, 0.2) is 0 Å². The van der Waals surface area contributed by atoms with Gasteiger partial charge in [-0.25, -0.2) is 0 Å². The van der Waals surface area contributed by atoms with Gasteiger partial charge in [-0.2, -0.15) is 50.5 Å². The minimum atomic E-state index is -1.28. The minimum Gasteiger partial charge on any atom is -0.464 e. The summed E-state index contributed by atoms with van der Waals surface area (Å²) >= 11 is 15.1. The molecule has 0 unspecified atom stereocenters. The van der Waals surface area contributed by atoms with Crippen molar-refractivity contribution in [2.24, 2.45) is 5.41 Å². The summed E-state index contributed by atoms with van der Waals surface area (Å²) in [5.41, 5.74) is -1.28. The summed E-state index contributed by atoms with van der Waals surface area (Å²) < 4.78 is 20.0. The summed E-state index contributed by atoms with van der Waals surface area (Å²) in [7, 11) is 0. The predicted octanol–water partition coefficient (Wildman–Crippen LogP) is 0.419. The first-order valence-electron chi connectivity index (χ1n) is 9.17. The molecule has 0 aromatic rings. The van der Waals surface area contributed by atoms with Crippen LogP contribution in [0.2, 0.25) is 0 Å². The van der Waals surface area contributed by atoms with Crippen LogP contribution in [0.4, 0.5) is 0 Å². The monoisotopic (exact) mass is 532 g/mol. The first-order chi connectivity index (χ1) is 15.2. The smallest absolute Gasteiger partial charge is 0.315 e. The molecular formula is C18H28O10S4. The Morgan fingerprint density at radius 3 is 1.00 bits per heavy atom. The molecule has 0 heterocycles. The van der Waals surface area contributed by atoms with E-state index in [1.807, 2.05) is 0 Å². The molecule has 0 N–H and O–H groups in total. The topological polar surface area (TPSA) is 139 Å². The van der Waals surface area contributed by atoms with Gasteiger partial charge < -0.3 is 28.5 Å². The average molecular weight is 533 g/mol. The molecule has 0 fully saturated rings. The highest BCUT2D eigenvalue weighted by Gasteiger charge is 2.37. The lowest BCUT2D eigenvalue weighted by molar-refractivity contribution is -0.167. The van der Waals surface area contributed by atoms with E-state index in [0.717, 1.165) is 12.6 Å². The summed E-state index contributed by atoms with van der Waals surface area (Å²) in [6, 6.07) is 0. The number of thiol groups is 4. The molecule has 0 atom stereocenters. The van der Waals surface area contributed by atoms with Crippen molar-refractivity contribution < 1.29 is 47.7 Å². The normalized spacial score (nSPS) is 10.1. The number of rotatable bonds is 16. The fraction of sp³-hybridized carbons (Fsp3) is 0.667. The lowest BCUT2D eigenvalue weighted by Crippen LogP contribution is -2.44. The molecule has 0 aliphatic rings. The van der Waals surface area contributed by atoms with E-state index in [2.05, 4.69) is 50.5 Å². The van der Waals surface area contributed by atoms with Crippen LogP contribution in [0.1, 0.15) is 19.3 Å². The van der Waals surface area contributed by atoms with E-state index < -0.39 is 29.3 Å². The van der Waals surface area contributed by atoms with Crippen molar-refractivity contribution in [3.05, 3.63) is 0 Å². The number of unbranched alkanes of at least 4 members (excludes halogenated alkanes) is 2. The van der Waals surface area contributed by atoms with E-state index in [-0.39, 0.29) is 49.4 Å². The van der Waals surface area contributed by atoms with Gasteiger partial charge in [-0.3, -0.25) is 19.2 Å². The van der Waals surface area contributed by atoms with Crippen molar-refractivity contribution >= 4 is 87.0 Å². The highest BCUT2D eigenvalue weighted by atomic mass is 32.1. The number of esters is 4. The molecule has 0 saturated heterocycles. The van der Waals surface area contributed by atoms with Crippen LogP contribution in [0.3, 0.4) is 0 Å². The number of hydrogen-bond acceptors (Lipinski definition) is 14. The third-order valence-corrected chi connectivity index (χ3v) is 4.35. The molecule has 14 heteroatoms. The minimum absolute atomic E-state index is 0.181. The number of carbonyl (C=O) groups is 6. The van der Waals surface area contributed by atoms with Crippen LogP contribution >= 0.6 is 50.5 Å². The highest BCUT2D eigenvalue weighted by molar-refractivity contribution is 7.81. The van der Waals surface area contributed by atoms with Crippen LogP contribution in [0.15, 0.2) is 0 Å². The molecule has 0 aliphatic carbocycles. The van der Waals surface area contributed by atoms with Gasteiger partial charge in [0.25, 0.3) is 0 Å². The van der Waals surface area contributed by atoms with E-state index in [0.29, 0.717) is 19.3 Å². The van der Waals surface area contributed by atoms with Crippen LogP contribution in [0.25, 0.3) is 0 Å². The van der Waals surface area contributed by atoms with Crippen LogP contribution in [-0.4, -0.2) is 85.9 Å². The first-order valence-corrected chi connectivity index (χ1v) is 11.7. The van der Waals surface area contributed by atoms with Crippen LogP contribution in [0.5, 0.6) is 0 Å². The molecule has 0 amide bonds. The molecule has 0 saturated carbocycles. The summed E-state index contributed by atoms with van der Waals surface area (Å²) in [6.45, 7) is -1.31.